The minimum Gasteiger partial charge on any atom is -0.370 e. The van der Waals surface area contributed by atoms with Gasteiger partial charge >= 0.3 is 0 Å². The number of hydrogen-bond donors (Lipinski definition) is 1. The molecule has 2 aromatic rings. The maximum absolute atomic E-state index is 4.77. The first-order chi connectivity index (χ1) is 9.78. The lowest BCUT2D eigenvalue weighted by atomic mass is 10.0. The molecule has 0 amide bonds. The lowest BCUT2D eigenvalue weighted by Crippen LogP contribution is -2.07. The predicted molar refractivity (Wildman–Crippen MR) is 79.6 cm³/mol. The maximum atomic E-state index is 4.77. The van der Waals surface area contributed by atoms with Gasteiger partial charge in [-0.25, -0.2) is 15.0 Å². The first-order valence-electron chi connectivity index (χ1n) is 7.38. The fourth-order valence-electron chi connectivity index (χ4n) is 2.85. The van der Waals surface area contributed by atoms with Crippen LogP contribution in [-0.4, -0.2) is 26.1 Å². The zero-order valence-electron chi connectivity index (χ0n) is 12.1. The Bertz CT molecular complexity index is 584. The minimum atomic E-state index is 0.578. The van der Waals surface area contributed by atoms with E-state index in [-0.39, 0.29) is 0 Å². The van der Waals surface area contributed by atoms with Crippen molar-refractivity contribution >= 4 is 5.82 Å². The third kappa shape index (κ3) is 2.53. The highest BCUT2D eigenvalue weighted by molar-refractivity contribution is 5.50. The number of aromatic nitrogens is 4. The van der Waals surface area contributed by atoms with Crippen LogP contribution in [0, 0.1) is 0 Å². The number of hydrogen-bond acceptors (Lipinski definition) is 4. The van der Waals surface area contributed by atoms with Crippen LogP contribution >= 0.6 is 0 Å². The highest BCUT2D eigenvalue weighted by atomic mass is 15.1. The van der Waals surface area contributed by atoms with E-state index in [0.29, 0.717) is 5.92 Å². The molecule has 20 heavy (non-hydrogen) atoms. The molecular formula is C15H21N5. The Labute approximate surface area is 119 Å². The quantitative estimate of drug-likeness (QED) is 0.929. The molecule has 1 aliphatic carbocycles. The van der Waals surface area contributed by atoms with Gasteiger partial charge in [-0.3, -0.25) is 0 Å². The predicted octanol–water partition coefficient (Wildman–Crippen LogP) is 2.97. The van der Waals surface area contributed by atoms with Gasteiger partial charge in [0.15, 0.2) is 11.6 Å². The van der Waals surface area contributed by atoms with Crippen LogP contribution < -0.4 is 5.32 Å². The Kier molecular flexibility index (Phi) is 3.67. The van der Waals surface area contributed by atoms with Crippen LogP contribution in [0.4, 0.5) is 5.82 Å². The largest absolute Gasteiger partial charge is 0.370 e. The molecule has 0 aliphatic heterocycles. The standard InChI is InChI=1S/C15H21N5/c1-3-16-13-10-12(11-6-4-5-7-11)18-14(19-13)15-17-8-9-20(15)2/h8-11H,3-7H2,1-2H3,(H,16,18,19). The van der Waals surface area contributed by atoms with Gasteiger partial charge in [-0.2, -0.15) is 0 Å². The molecule has 0 spiro atoms. The molecule has 2 heterocycles. The third-order valence-electron chi connectivity index (χ3n) is 3.90. The van der Waals surface area contributed by atoms with E-state index >= 15 is 0 Å². The molecule has 5 heteroatoms. The lowest BCUT2D eigenvalue weighted by molar-refractivity contribution is 0.694. The number of rotatable bonds is 4. The highest BCUT2D eigenvalue weighted by Gasteiger charge is 2.21. The monoisotopic (exact) mass is 271 g/mol. The first kappa shape index (κ1) is 13.1. The second-order valence-electron chi connectivity index (χ2n) is 5.38. The summed E-state index contributed by atoms with van der Waals surface area (Å²) in [6.45, 7) is 2.94. The smallest absolute Gasteiger partial charge is 0.198 e. The van der Waals surface area contributed by atoms with Crippen LogP contribution in [-0.2, 0) is 7.05 Å². The fourth-order valence-corrected chi connectivity index (χ4v) is 2.85. The average Bonchev–Trinajstić information content (AvgIpc) is 3.09. The van der Waals surface area contributed by atoms with Gasteiger partial charge < -0.3 is 9.88 Å². The van der Waals surface area contributed by atoms with Crippen molar-refractivity contribution in [2.24, 2.45) is 7.05 Å². The van der Waals surface area contributed by atoms with Gasteiger partial charge in [0, 0.05) is 43.7 Å². The summed E-state index contributed by atoms with van der Waals surface area (Å²) < 4.78 is 1.96. The molecule has 0 bridgehead atoms. The van der Waals surface area contributed by atoms with E-state index in [0.717, 1.165) is 29.7 Å². The minimum absolute atomic E-state index is 0.578. The van der Waals surface area contributed by atoms with Crippen LogP contribution in [0.3, 0.4) is 0 Å². The molecule has 3 rings (SSSR count). The molecule has 0 atom stereocenters. The molecule has 1 N–H and O–H groups in total. The van der Waals surface area contributed by atoms with Crippen LogP contribution in [0.25, 0.3) is 11.6 Å². The highest BCUT2D eigenvalue weighted by Crippen LogP contribution is 2.34. The van der Waals surface area contributed by atoms with Gasteiger partial charge in [0.05, 0.1) is 0 Å². The third-order valence-corrected chi connectivity index (χ3v) is 3.90. The van der Waals surface area contributed by atoms with Crippen molar-refractivity contribution in [3.05, 3.63) is 24.2 Å². The SMILES string of the molecule is CCNc1cc(C2CCCC2)nc(-c2nccn2C)n1. The summed E-state index contributed by atoms with van der Waals surface area (Å²) in [5.74, 6) is 3.03. The Morgan fingerprint density at radius 2 is 2.10 bits per heavy atom. The Balaban J connectivity index is 2.02. The molecule has 1 aliphatic rings. The van der Waals surface area contributed by atoms with E-state index in [4.69, 9.17) is 4.98 Å². The van der Waals surface area contributed by atoms with Crippen molar-refractivity contribution in [1.82, 2.24) is 19.5 Å². The van der Waals surface area contributed by atoms with Gasteiger partial charge in [-0.15, -0.1) is 0 Å². The number of anilines is 1. The summed E-state index contributed by atoms with van der Waals surface area (Å²) in [5, 5.41) is 3.31. The van der Waals surface area contributed by atoms with Crippen molar-refractivity contribution in [2.75, 3.05) is 11.9 Å². The zero-order valence-corrected chi connectivity index (χ0v) is 12.1. The normalized spacial score (nSPS) is 15.7. The lowest BCUT2D eigenvalue weighted by Gasteiger charge is -2.13. The zero-order chi connectivity index (χ0) is 13.9. The molecule has 2 aromatic heterocycles. The van der Waals surface area contributed by atoms with Crippen molar-refractivity contribution in [3.63, 3.8) is 0 Å². The number of nitrogens with one attached hydrogen (secondary N) is 1. The molecule has 1 fully saturated rings. The maximum Gasteiger partial charge on any atom is 0.198 e. The number of aryl methyl sites for hydroxylation is 1. The molecule has 0 radical (unpaired) electrons. The van der Waals surface area contributed by atoms with Crippen LogP contribution in [0.2, 0.25) is 0 Å². The Morgan fingerprint density at radius 1 is 1.30 bits per heavy atom. The van der Waals surface area contributed by atoms with Crippen molar-refractivity contribution in [3.8, 4) is 11.6 Å². The fraction of sp³-hybridized carbons (Fsp3) is 0.533. The molecule has 0 unspecified atom stereocenters. The number of imidazole rings is 1. The topological polar surface area (TPSA) is 55.6 Å². The summed E-state index contributed by atoms with van der Waals surface area (Å²) >= 11 is 0. The molecular weight excluding hydrogens is 250 g/mol. The second kappa shape index (κ2) is 5.61. The summed E-state index contributed by atoms with van der Waals surface area (Å²) in [5.41, 5.74) is 1.16. The van der Waals surface area contributed by atoms with Gasteiger partial charge in [0.25, 0.3) is 0 Å². The van der Waals surface area contributed by atoms with Crippen molar-refractivity contribution in [1.29, 1.82) is 0 Å². The summed E-state index contributed by atoms with van der Waals surface area (Å²) in [6.07, 6.45) is 8.80. The van der Waals surface area contributed by atoms with Crippen molar-refractivity contribution < 1.29 is 0 Å². The van der Waals surface area contributed by atoms with Crippen LogP contribution in [0.1, 0.15) is 44.2 Å². The van der Waals surface area contributed by atoms with E-state index in [1.54, 1.807) is 6.20 Å². The number of nitrogens with zero attached hydrogens (tertiary/aromatic N) is 4. The summed E-state index contributed by atoms with van der Waals surface area (Å²) in [4.78, 5) is 13.7. The Hall–Kier alpha value is -1.91. The second-order valence-corrected chi connectivity index (χ2v) is 5.38. The molecule has 0 saturated heterocycles. The van der Waals surface area contributed by atoms with Gasteiger partial charge in [0.2, 0.25) is 0 Å². The first-order valence-corrected chi connectivity index (χ1v) is 7.38. The van der Waals surface area contributed by atoms with E-state index in [2.05, 4.69) is 28.3 Å². The molecule has 1 saturated carbocycles. The summed E-state index contributed by atoms with van der Waals surface area (Å²) in [6, 6.07) is 2.10. The average molecular weight is 271 g/mol. The van der Waals surface area contributed by atoms with Crippen molar-refractivity contribution in [2.45, 2.75) is 38.5 Å². The molecule has 0 aromatic carbocycles. The van der Waals surface area contributed by atoms with E-state index in [1.165, 1.54) is 25.7 Å². The molecule has 5 nitrogen and oxygen atoms in total. The Morgan fingerprint density at radius 3 is 2.75 bits per heavy atom. The van der Waals surface area contributed by atoms with E-state index in [1.807, 2.05) is 17.8 Å². The van der Waals surface area contributed by atoms with Gasteiger partial charge in [0.1, 0.15) is 5.82 Å². The molecule has 106 valence electrons. The van der Waals surface area contributed by atoms with Gasteiger partial charge in [-0.05, 0) is 19.8 Å². The van der Waals surface area contributed by atoms with E-state index in [9.17, 15) is 0 Å². The van der Waals surface area contributed by atoms with E-state index < -0.39 is 0 Å². The van der Waals surface area contributed by atoms with Crippen LogP contribution in [0.15, 0.2) is 18.5 Å². The van der Waals surface area contributed by atoms with Crippen LogP contribution in [0.5, 0.6) is 0 Å². The van der Waals surface area contributed by atoms with Gasteiger partial charge in [-0.1, -0.05) is 12.8 Å². The summed E-state index contributed by atoms with van der Waals surface area (Å²) in [7, 11) is 1.97.